The van der Waals surface area contributed by atoms with E-state index in [2.05, 4.69) is 20.6 Å². The summed E-state index contributed by atoms with van der Waals surface area (Å²) in [5.41, 5.74) is 1.83. The molecule has 1 aliphatic rings. The average Bonchev–Trinajstić information content (AvgIpc) is 3.14. The fourth-order valence-corrected chi connectivity index (χ4v) is 2.68. The summed E-state index contributed by atoms with van der Waals surface area (Å²) in [5, 5.41) is 21.6. The third-order valence-corrected chi connectivity index (χ3v) is 3.81. The zero-order valence-corrected chi connectivity index (χ0v) is 13.0. The summed E-state index contributed by atoms with van der Waals surface area (Å²) in [7, 11) is 1.62. The van der Waals surface area contributed by atoms with E-state index >= 15 is 0 Å². The number of rotatable bonds is 7. The van der Waals surface area contributed by atoms with Crippen molar-refractivity contribution in [1.82, 2.24) is 25.3 Å². The van der Waals surface area contributed by atoms with Gasteiger partial charge in [-0.3, -0.25) is 4.98 Å². The summed E-state index contributed by atoms with van der Waals surface area (Å²) >= 11 is 0. The molecule has 124 valence electrons. The Morgan fingerprint density at radius 3 is 3.22 bits per heavy atom. The van der Waals surface area contributed by atoms with Crippen LogP contribution in [0.5, 0.6) is 0 Å². The van der Waals surface area contributed by atoms with Crippen LogP contribution in [0, 0.1) is 0 Å². The molecule has 0 aromatic carbocycles. The van der Waals surface area contributed by atoms with Crippen LogP contribution in [-0.2, 0) is 29.2 Å². The Hall–Kier alpha value is -1.87. The molecule has 8 heteroatoms. The summed E-state index contributed by atoms with van der Waals surface area (Å²) < 4.78 is 12.4. The zero-order valence-electron chi connectivity index (χ0n) is 13.0. The summed E-state index contributed by atoms with van der Waals surface area (Å²) in [4.78, 5) is 4.09. The second-order valence-corrected chi connectivity index (χ2v) is 5.57. The summed E-state index contributed by atoms with van der Waals surface area (Å²) in [5.74, 6) is 0. The van der Waals surface area contributed by atoms with Crippen LogP contribution in [-0.4, -0.2) is 57.1 Å². The van der Waals surface area contributed by atoms with Gasteiger partial charge in [0.05, 0.1) is 44.2 Å². The van der Waals surface area contributed by atoms with E-state index in [-0.39, 0.29) is 12.1 Å². The summed E-state index contributed by atoms with van der Waals surface area (Å²) in [6, 6.07) is 3.72. The standard InChI is InChI=1S/C15H21N5O3/c1-22-9-12-7-20(19-18-12)8-14-15(13(21)10-23-14)17-6-11-3-2-4-16-5-11/h2-5,7,13-15,17,21H,6,8-10H2,1H3/t13-,14+,15+/m0/s1. The molecular weight excluding hydrogens is 298 g/mol. The molecule has 2 aromatic heterocycles. The van der Waals surface area contributed by atoms with Crippen molar-refractivity contribution in [2.24, 2.45) is 0 Å². The average molecular weight is 319 g/mol. The van der Waals surface area contributed by atoms with Gasteiger partial charge in [0.25, 0.3) is 0 Å². The van der Waals surface area contributed by atoms with Crippen molar-refractivity contribution in [3.63, 3.8) is 0 Å². The van der Waals surface area contributed by atoms with Gasteiger partial charge < -0.3 is 19.9 Å². The van der Waals surface area contributed by atoms with Crippen LogP contribution in [0.25, 0.3) is 0 Å². The number of hydrogen-bond acceptors (Lipinski definition) is 7. The molecule has 2 N–H and O–H groups in total. The van der Waals surface area contributed by atoms with Crippen LogP contribution >= 0.6 is 0 Å². The highest BCUT2D eigenvalue weighted by Gasteiger charge is 2.36. The zero-order chi connectivity index (χ0) is 16.1. The minimum atomic E-state index is -0.543. The van der Waals surface area contributed by atoms with E-state index < -0.39 is 6.10 Å². The molecule has 2 aromatic rings. The predicted molar refractivity (Wildman–Crippen MR) is 81.3 cm³/mol. The predicted octanol–water partition coefficient (Wildman–Crippen LogP) is -0.262. The fourth-order valence-electron chi connectivity index (χ4n) is 2.68. The Labute approximate surface area is 134 Å². The SMILES string of the molecule is COCc1cn(C[C@H]2OC[C@H](O)[C@H]2NCc2cccnc2)nn1. The van der Waals surface area contributed by atoms with Crippen LogP contribution in [0.1, 0.15) is 11.3 Å². The first kappa shape index (κ1) is 16.0. The molecule has 1 saturated heterocycles. The van der Waals surface area contributed by atoms with Crippen molar-refractivity contribution in [2.75, 3.05) is 13.7 Å². The van der Waals surface area contributed by atoms with Gasteiger partial charge in [0.1, 0.15) is 5.69 Å². The monoisotopic (exact) mass is 319 g/mol. The number of methoxy groups -OCH3 is 1. The number of nitrogens with one attached hydrogen (secondary N) is 1. The third kappa shape index (κ3) is 4.11. The number of aliphatic hydroxyl groups is 1. The molecule has 0 unspecified atom stereocenters. The third-order valence-electron chi connectivity index (χ3n) is 3.81. The molecule has 3 rings (SSSR count). The smallest absolute Gasteiger partial charge is 0.108 e. The maximum absolute atomic E-state index is 10.1. The topological polar surface area (TPSA) is 94.3 Å². The molecule has 0 spiro atoms. The molecule has 0 bridgehead atoms. The number of aliphatic hydroxyl groups excluding tert-OH is 1. The van der Waals surface area contributed by atoms with Crippen molar-refractivity contribution < 1.29 is 14.6 Å². The van der Waals surface area contributed by atoms with Gasteiger partial charge in [-0.1, -0.05) is 11.3 Å². The minimum absolute atomic E-state index is 0.162. The fraction of sp³-hybridized carbons (Fsp3) is 0.533. The first-order chi connectivity index (χ1) is 11.3. The molecule has 1 aliphatic heterocycles. The second-order valence-electron chi connectivity index (χ2n) is 5.57. The highest BCUT2D eigenvalue weighted by Crippen LogP contribution is 2.17. The molecule has 0 aliphatic carbocycles. The Morgan fingerprint density at radius 2 is 2.43 bits per heavy atom. The Kier molecular flexibility index (Phi) is 5.29. The molecule has 3 atom stereocenters. The molecule has 0 saturated carbocycles. The lowest BCUT2D eigenvalue weighted by Gasteiger charge is -2.21. The first-order valence-electron chi connectivity index (χ1n) is 7.56. The van der Waals surface area contributed by atoms with Crippen LogP contribution in [0.15, 0.2) is 30.7 Å². The van der Waals surface area contributed by atoms with E-state index in [1.807, 2.05) is 18.3 Å². The maximum atomic E-state index is 10.1. The van der Waals surface area contributed by atoms with Crippen molar-refractivity contribution in [1.29, 1.82) is 0 Å². The van der Waals surface area contributed by atoms with E-state index in [1.54, 1.807) is 24.2 Å². The van der Waals surface area contributed by atoms with Crippen LogP contribution < -0.4 is 5.32 Å². The number of aromatic nitrogens is 4. The lowest BCUT2D eigenvalue weighted by atomic mass is 10.1. The first-order valence-corrected chi connectivity index (χ1v) is 7.56. The van der Waals surface area contributed by atoms with Gasteiger partial charge in [-0.25, -0.2) is 4.68 Å². The van der Waals surface area contributed by atoms with Gasteiger partial charge in [-0.05, 0) is 11.6 Å². The molecular formula is C15H21N5O3. The van der Waals surface area contributed by atoms with Crippen LogP contribution in [0.3, 0.4) is 0 Å². The van der Waals surface area contributed by atoms with E-state index in [0.29, 0.717) is 26.3 Å². The highest BCUT2D eigenvalue weighted by atomic mass is 16.5. The Bertz CT molecular complexity index is 606. The molecule has 1 fully saturated rings. The van der Waals surface area contributed by atoms with Gasteiger partial charge in [-0.15, -0.1) is 5.10 Å². The Balaban J connectivity index is 1.59. The lowest BCUT2D eigenvalue weighted by Crippen LogP contribution is -2.45. The van der Waals surface area contributed by atoms with E-state index in [9.17, 15) is 5.11 Å². The number of nitrogens with zero attached hydrogens (tertiary/aromatic N) is 4. The van der Waals surface area contributed by atoms with Crippen molar-refractivity contribution in [3.05, 3.63) is 42.0 Å². The molecule has 3 heterocycles. The van der Waals surface area contributed by atoms with Gasteiger partial charge in [0.15, 0.2) is 0 Å². The highest BCUT2D eigenvalue weighted by molar-refractivity contribution is 5.08. The molecule has 0 amide bonds. The van der Waals surface area contributed by atoms with E-state index in [0.717, 1.165) is 11.3 Å². The minimum Gasteiger partial charge on any atom is -0.389 e. The molecule has 23 heavy (non-hydrogen) atoms. The molecule has 0 radical (unpaired) electrons. The quantitative estimate of drug-likeness (QED) is 0.726. The van der Waals surface area contributed by atoms with Crippen molar-refractivity contribution in [2.45, 2.75) is 37.9 Å². The van der Waals surface area contributed by atoms with Gasteiger partial charge in [0, 0.05) is 26.0 Å². The summed E-state index contributed by atoms with van der Waals surface area (Å²) in [6.07, 6.45) is 4.66. The van der Waals surface area contributed by atoms with Crippen molar-refractivity contribution in [3.8, 4) is 0 Å². The van der Waals surface area contributed by atoms with Gasteiger partial charge in [0.2, 0.25) is 0 Å². The van der Waals surface area contributed by atoms with Crippen LogP contribution in [0.4, 0.5) is 0 Å². The lowest BCUT2D eigenvalue weighted by molar-refractivity contribution is 0.0741. The second kappa shape index (κ2) is 7.60. The van der Waals surface area contributed by atoms with Crippen molar-refractivity contribution >= 4 is 0 Å². The number of ether oxygens (including phenoxy) is 2. The van der Waals surface area contributed by atoms with Gasteiger partial charge in [-0.2, -0.15) is 0 Å². The Morgan fingerprint density at radius 1 is 1.52 bits per heavy atom. The maximum Gasteiger partial charge on any atom is 0.108 e. The van der Waals surface area contributed by atoms with E-state index in [1.165, 1.54) is 0 Å². The van der Waals surface area contributed by atoms with Gasteiger partial charge >= 0.3 is 0 Å². The summed E-state index contributed by atoms with van der Waals surface area (Å²) in [6.45, 7) is 1.89. The van der Waals surface area contributed by atoms with E-state index in [4.69, 9.17) is 9.47 Å². The van der Waals surface area contributed by atoms with Crippen LogP contribution in [0.2, 0.25) is 0 Å². The normalized spacial score (nSPS) is 24.2. The number of pyridine rings is 1. The molecule has 8 nitrogen and oxygen atoms in total. The number of hydrogen-bond donors (Lipinski definition) is 2. The largest absolute Gasteiger partial charge is 0.389 e.